The number of nitrogens with two attached hydrogens (primary N) is 1. The van der Waals surface area contributed by atoms with Gasteiger partial charge in [-0.1, -0.05) is 0 Å². The Bertz CT molecular complexity index is 887. The number of pyridine rings is 1. The highest BCUT2D eigenvalue weighted by molar-refractivity contribution is 5.97. The minimum absolute atomic E-state index is 0.0375. The molecule has 4 rings (SSSR count). The van der Waals surface area contributed by atoms with E-state index >= 15 is 0 Å². The SMILES string of the molecule is NC(=O)c1cc2cc(F)ccc2nc1C1CCN(C(=O)[C@@H]2CCCO2)CC1. The van der Waals surface area contributed by atoms with Crippen LogP contribution in [0, 0.1) is 5.82 Å². The van der Waals surface area contributed by atoms with Gasteiger partial charge < -0.3 is 15.4 Å². The topological polar surface area (TPSA) is 85.5 Å². The summed E-state index contributed by atoms with van der Waals surface area (Å²) in [6.07, 6.45) is 2.82. The number of hydrogen-bond donors (Lipinski definition) is 1. The van der Waals surface area contributed by atoms with Crippen molar-refractivity contribution in [3.8, 4) is 0 Å². The van der Waals surface area contributed by atoms with Gasteiger partial charge in [0.25, 0.3) is 11.8 Å². The molecule has 1 aromatic carbocycles. The van der Waals surface area contributed by atoms with Crippen molar-refractivity contribution < 1.29 is 18.7 Å². The number of amides is 2. The summed E-state index contributed by atoms with van der Waals surface area (Å²) in [4.78, 5) is 30.9. The van der Waals surface area contributed by atoms with Crippen molar-refractivity contribution in [2.75, 3.05) is 19.7 Å². The Kier molecular flexibility index (Phi) is 4.78. The number of nitrogens with zero attached hydrogens (tertiary/aromatic N) is 2. The first-order valence-electron chi connectivity index (χ1n) is 9.33. The molecular weight excluding hydrogens is 349 g/mol. The minimum atomic E-state index is -0.568. The number of fused-ring (bicyclic) bond motifs is 1. The van der Waals surface area contributed by atoms with Gasteiger partial charge in [0.15, 0.2) is 0 Å². The van der Waals surface area contributed by atoms with Gasteiger partial charge in [-0.25, -0.2) is 4.39 Å². The van der Waals surface area contributed by atoms with Crippen LogP contribution in [0.2, 0.25) is 0 Å². The third kappa shape index (κ3) is 3.51. The van der Waals surface area contributed by atoms with Crippen molar-refractivity contribution in [3.63, 3.8) is 0 Å². The summed E-state index contributed by atoms with van der Waals surface area (Å²) >= 11 is 0. The first-order valence-corrected chi connectivity index (χ1v) is 9.33. The standard InChI is InChI=1S/C20H22FN3O3/c21-14-3-4-16-13(10-14)11-15(19(22)25)18(23-16)12-5-7-24(8-6-12)20(26)17-2-1-9-27-17/h3-4,10-12,17H,1-2,5-9H2,(H2,22,25)/t17-/m0/s1. The van der Waals surface area contributed by atoms with Gasteiger partial charge in [0.05, 0.1) is 16.8 Å². The number of primary amides is 1. The van der Waals surface area contributed by atoms with Crippen LogP contribution in [0.4, 0.5) is 4.39 Å². The lowest BCUT2D eigenvalue weighted by molar-refractivity contribution is -0.142. The third-order valence-corrected chi connectivity index (χ3v) is 5.47. The minimum Gasteiger partial charge on any atom is -0.368 e. The Morgan fingerprint density at radius 3 is 2.63 bits per heavy atom. The number of aromatic nitrogens is 1. The van der Waals surface area contributed by atoms with Crippen molar-refractivity contribution in [2.45, 2.75) is 37.7 Å². The lowest BCUT2D eigenvalue weighted by atomic mass is 9.89. The first kappa shape index (κ1) is 17.9. The molecule has 2 saturated heterocycles. The summed E-state index contributed by atoms with van der Waals surface area (Å²) in [5.41, 5.74) is 7.16. The van der Waals surface area contributed by atoms with Gasteiger partial charge in [-0.3, -0.25) is 14.6 Å². The van der Waals surface area contributed by atoms with E-state index in [9.17, 15) is 14.0 Å². The fourth-order valence-corrected chi connectivity index (χ4v) is 4.02. The average molecular weight is 371 g/mol. The predicted octanol–water partition coefficient (Wildman–Crippen LogP) is 2.36. The number of ether oxygens (including phenoxy) is 1. The van der Waals surface area contributed by atoms with E-state index in [-0.39, 0.29) is 23.7 Å². The van der Waals surface area contributed by atoms with Crippen LogP contribution >= 0.6 is 0 Å². The molecule has 0 radical (unpaired) electrons. The van der Waals surface area contributed by atoms with Gasteiger partial charge in [0.2, 0.25) is 0 Å². The summed E-state index contributed by atoms with van der Waals surface area (Å²) < 4.78 is 19.0. The van der Waals surface area contributed by atoms with E-state index in [0.29, 0.717) is 54.7 Å². The first-order chi connectivity index (χ1) is 13.0. The number of benzene rings is 1. The van der Waals surface area contributed by atoms with Crippen LogP contribution in [0.3, 0.4) is 0 Å². The van der Waals surface area contributed by atoms with Crippen LogP contribution in [0.1, 0.15) is 47.7 Å². The van der Waals surface area contributed by atoms with E-state index in [1.165, 1.54) is 12.1 Å². The zero-order valence-electron chi connectivity index (χ0n) is 15.0. The van der Waals surface area contributed by atoms with Gasteiger partial charge in [-0.05, 0) is 49.9 Å². The molecule has 6 nitrogen and oxygen atoms in total. The van der Waals surface area contributed by atoms with Crippen molar-refractivity contribution in [3.05, 3.63) is 41.3 Å². The van der Waals surface area contributed by atoms with Crippen LogP contribution in [-0.2, 0) is 9.53 Å². The number of halogens is 1. The smallest absolute Gasteiger partial charge is 0.251 e. The molecule has 2 N–H and O–H groups in total. The molecule has 2 aliphatic rings. The highest BCUT2D eigenvalue weighted by Gasteiger charge is 2.32. The van der Waals surface area contributed by atoms with Gasteiger partial charge >= 0.3 is 0 Å². The zero-order chi connectivity index (χ0) is 19.0. The number of rotatable bonds is 3. The Morgan fingerprint density at radius 2 is 1.96 bits per heavy atom. The van der Waals surface area contributed by atoms with E-state index in [1.54, 1.807) is 12.1 Å². The number of piperidine rings is 1. The van der Waals surface area contributed by atoms with Crippen LogP contribution in [-0.4, -0.2) is 47.5 Å². The van der Waals surface area contributed by atoms with Crippen molar-refractivity contribution >= 4 is 22.7 Å². The number of likely N-dealkylation sites (tertiary alicyclic amines) is 1. The van der Waals surface area contributed by atoms with E-state index in [4.69, 9.17) is 10.5 Å². The van der Waals surface area contributed by atoms with Crippen LogP contribution in [0.15, 0.2) is 24.3 Å². The Labute approximate surface area is 156 Å². The van der Waals surface area contributed by atoms with E-state index in [1.807, 2.05) is 4.90 Å². The van der Waals surface area contributed by atoms with Crippen molar-refractivity contribution in [1.82, 2.24) is 9.88 Å². The summed E-state index contributed by atoms with van der Waals surface area (Å²) in [6.45, 7) is 1.85. The van der Waals surface area contributed by atoms with E-state index in [0.717, 1.165) is 12.8 Å². The molecule has 7 heteroatoms. The van der Waals surface area contributed by atoms with Gasteiger partial charge in [0, 0.05) is 31.0 Å². The van der Waals surface area contributed by atoms with Gasteiger partial charge in [0.1, 0.15) is 11.9 Å². The molecule has 2 aliphatic heterocycles. The molecule has 1 atom stereocenters. The van der Waals surface area contributed by atoms with Crippen LogP contribution < -0.4 is 5.73 Å². The molecular formula is C20H22FN3O3. The molecule has 27 heavy (non-hydrogen) atoms. The number of carbonyl (C=O) groups excluding carboxylic acids is 2. The second-order valence-corrected chi connectivity index (χ2v) is 7.22. The maximum Gasteiger partial charge on any atom is 0.251 e. The summed E-state index contributed by atoms with van der Waals surface area (Å²) in [7, 11) is 0. The fourth-order valence-electron chi connectivity index (χ4n) is 4.02. The highest BCUT2D eigenvalue weighted by atomic mass is 19.1. The van der Waals surface area contributed by atoms with Crippen molar-refractivity contribution in [1.29, 1.82) is 0 Å². The Hall–Kier alpha value is -2.54. The summed E-state index contributed by atoms with van der Waals surface area (Å²) in [5.74, 6) is -0.853. The van der Waals surface area contributed by atoms with E-state index < -0.39 is 5.91 Å². The zero-order valence-corrected chi connectivity index (χ0v) is 15.0. The monoisotopic (exact) mass is 371 g/mol. The third-order valence-electron chi connectivity index (χ3n) is 5.47. The normalized spacial score (nSPS) is 20.9. The maximum atomic E-state index is 13.5. The molecule has 0 saturated carbocycles. The lowest BCUT2D eigenvalue weighted by Crippen LogP contribution is -2.43. The second kappa shape index (κ2) is 7.23. The molecule has 1 aromatic heterocycles. The Balaban J connectivity index is 1.56. The summed E-state index contributed by atoms with van der Waals surface area (Å²) in [5, 5.41) is 0.554. The predicted molar refractivity (Wildman–Crippen MR) is 97.7 cm³/mol. The molecule has 3 heterocycles. The number of hydrogen-bond acceptors (Lipinski definition) is 4. The largest absolute Gasteiger partial charge is 0.368 e. The molecule has 2 amide bonds. The molecule has 0 spiro atoms. The molecule has 0 aliphatic carbocycles. The van der Waals surface area contributed by atoms with Gasteiger partial charge in [-0.2, -0.15) is 0 Å². The molecule has 2 aromatic rings. The number of carbonyl (C=O) groups is 2. The molecule has 2 fully saturated rings. The lowest BCUT2D eigenvalue weighted by Gasteiger charge is -2.33. The Morgan fingerprint density at radius 1 is 1.19 bits per heavy atom. The van der Waals surface area contributed by atoms with Crippen LogP contribution in [0.25, 0.3) is 10.9 Å². The average Bonchev–Trinajstić information content (AvgIpc) is 3.21. The maximum absolute atomic E-state index is 13.5. The molecule has 0 bridgehead atoms. The molecule has 0 unspecified atom stereocenters. The van der Waals surface area contributed by atoms with Crippen molar-refractivity contribution in [2.24, 2.45) is 5.73 Å². The summed E-state index contributed by atoms with van der Waals surface area (Å²) in [6, 6.07) is 5.93. The van der Waals surface area contributed by atoms with E-state index in [2.05, 4.69) is 4.98 Å². The second-order valence-electron chi connectivity index (χ2n) is 7.22. The van der Waals surface area contributed by atoms with Crippen LogP contribution in [0.5, 0.6) is 0 Å². The highest BCUT2D eigenvalue weighted by Crippen LogP contribution is 2.32. The fraction of sp³-hybridized carbons (Fsp3) is 0.450. The van der Waals surface area contributed by atoms with Gasteiger partial charge in [-0.15, -0.1) is 0 Å². The quantitative estimate of drug-likeness (QED) is 0.897. The molecule has 142 valence electrons.